The van der Waals surface area contributed by atoms with E-state index in [1.54, 1.807) is 0 Å². The molecule has 0 radical (unpaired) electrons. The van der Waals surface area contributed by atoms with Crippen LogP contribution in [0.4, 0.5) is 0 Å². The fourth-order valence-electron chi connectivity index (χ4n) is 6.85. The summed E-state index contributed by atoms with van der Waals surface area (Å²) in [5.41, 5.74) is -0.174. The van der Waals surface area contributed by atoms with Gasteiger partial charge in [0.1, 0.15) is 5.78 Å². The second kappa shape index (κ2) is 6.03. The van der Waals surface area contributed by atoms with Gasteiger partial charge in [0.05, 0.1) is 22.6 Å². The Kier molecular flexibility index (Phi) is 4.33. The average molecular weight is 349 g/mol. The lowest BCUT2D eigenvalue weighted by Gasteiger charge is -2.68. The van der Waals surface area contributed by atoms with Crippen molar-refractivity contribution in [1.29, 1.82) is 0 Å². The fraction of sp³-hybridized carbons (Fsp3) is 0.952. The van der Waals surface area contributed by atoms with E-state index >= 15 is 0 Å². The zero-order chi connectivity index (χ0) is 17.9. The van der Waals surface area contributed by atoms with Gasteiger partial charge >= 0.3 is 0 Å². The summed E-state index contributed by atoms with van der Waals surface area (Å²) in [5, 5.41) is 0. The third-order valence-electron chi connectivity index (χ3n) is 7.35. The molecule has 4 heteroatoms. The van der Waals surface area contributed by atoms with Crippen LogP contribution in [0.2, 0.25) is 0 Å². The molecule has 5 aliphatic rings. The van der Waals surface area contributed by atoms with Crippen molar-refractivity contribution in [2.24, 2.45) is 16.7 Å². The number of ketones is 1. The summed E-state index contributed by atoms with van der Waals surface area (Å²) in [5.74, 6) is 1.29. The van der Waals surface area contributed by atoms with Crippen LogP contribution in [-0.4, -0.2) is 60.1 Å². The van der Waals surface area contributed by atoms with Crippen LogP contribution in [0.25, 0.3) is 0 Å². The van der Waals surface area contributed by atoms with E-state index < -0.39 is 0 Å². The van der Waals surface area contributed by atoms with Crippen molar-refractivity contribution in [3.63, 3.8) is 0 Å². The third kappa shape index (κ3) is 2.71. The Morgan fingerprint density at radius 2 is 1.52 bits per heavy atom. The zero-order valence-corrected chi connectivity index (χ0v) is 16.6. The monoisotopic (exact) mass is 348 g/mol. The van der Waals surface area contributed by atoms with Crippen LogP contribution in [0.1, 0.15) is 66.2 Å². The van der Waals surface area contributed by atoms with Gasteiger partial charge in [-0.1, -0.05) is 26.7 Å². The second-order valence-corrected chi connectivity index (χ2v) is 9.97. The Bertz CT molecular complexity index is 500. The highest BCUT2D eigenvalue weighted by Gasteiger charge is 2.65. The van der Waals surface area contributed by atoms with Gasteiger partial charge < -0.3 is 4.74 Å². The average Bonchev–Trinajstić information content (AvgIpc) is 2.51. The number of piperidine rings is 2. The molecule has 0 aromatic heterocycles. The number of carbonyl (C=O) groups is 1. The summed E-state index contributed by atoms with van der Waals surface area (Å²) < 4.78 is 5.98. The van der Waals surface area contributed by atoms with Crippen molar-refractivity contribution in [3.8, 4) is 0 Å². The number of Topliss-reactive ketones (excluding diaryl/α,β-unsaturated/α-hetero) is 1. The molecule has 0 aliphatic carbocycles. The van der Waals surface area contributed by atoms with E-state index in [0.29, 0.717) is 17.9 Å². The molecule has 4 bridgehead atoms. The molecule has 0 spiro atoms. The molecule has 5 saturated heterocycles. The maximum absolute atomic E-state index is 13.5. The normalized spacial score (nSPS) is 48.1. The number of rotatable bonds is 5. The third-order valence-corrected chi connectivity index (χ3v) is 7.35. The van der Waals surface area contributed by atoms with Gasteiger partial charge in [0, 0.05) is 32.8 Å². The van der Waals surface area contributed by atoms with E-state index in [9.17, 15) is 4.79 Å². The van der Waals surface area contributed by atoms with E-state index in [0.717, 1.165) is 71.3 Å². The summed E-state index contributed by atoms with van der Waals surface area (Å²) in [7, 11) is 0. The molecule has 1 atom stereocenters. The Morgan fingerprint density at radius 1 is 1.00 bits per heavy atom. The molecule has 0 aromatic carbocycles. The van der Waals surface area contributed by atoms with Gasteiger partial charge in [0.2, 0.25) is 0 Å². The second-order valence-electron chi connectivity index (χ2n) is 9.97. The van der Waals surface area contributed by atoms with Crippen molar-refractivity contribution < 1.29 is 9.53 Å². The highest BCUT2D eigenvalue weighted by atomic mass is 16.5. The minimum absolute atomic E-state index is 0.00213. The van der Waals surface area contributed by atoms with Gasteiger partial charge in [-0.3, -0.25) is 14.6 Å². The molecule has 25 heavy (non-hydrogen) atoms. The minimum Gasteiger partial charge on any atom is -0.376 e. The number of hydrogen-bond acceptors (Lipinski definition) is 4. The molecular formula is C21H36N2O2. The summed E-state index contributed by atoms with van der Waals surface area (Å²) in [6, 6.07) is 0. The maximum atomic E-state index is 13.5. The molecule has 5 aliphatic heterocycles. The Labute approximate surface area is 153 Å². The van der Waals surface area contributed by atoms with Crippen LogP contribution >= 0.6 is 0 Å². The quantitative estimate of drug-likeness (QED) is 0.763. The largest absolute Gasteiger partial charge is 0.376 e. The van der Waals surface area contributed by atoms with E-state index in [2.05, 4.69) is 37.5 Å². The Morgan fingerprint density at radius 3 is 1.96 bits per heavy atom. The van der Waals surface area contributed by atoms with Crippen molar-refractivity contribution >= 4 is 5.78 Å². The predicted molar refractivity (Wildman–Crippen MR) is 99.4 cm³/mol. The highest BCUT2D eigenvalue weighted by Crippen LogP contribution is 2.54. The predicted octanol–water partition coefficient (Wildman–Crippen LogP) is 3.30. The molecule has 0 saturated carbocycles. The van der Waals surface area contributed by atoms with Gasteiger partial charge in [0.25, 0.3) is 0 Å². The van der Waals surface area contributed by atoms with Crippen molar-refractivity contribution in [1.82, 2.24) is 9.80 Å². The van der Waals surface area contributed by atoms with Gasteiger partial charge in [0.15, 0.2) is 0 Å². The molecule has 0 amide bonds. The van der Waals surface area contributed by atoms with Crippen LogP contribution in [0, 0.1) is 16.7 Å². The van der Waals surface area contributed by atoms with Crippen LogP contribution < -0.4 is 0 Å². The lowest BCUT2D eigenvalue weighted by atomic mass is 9.57. The van der Waals surface area contributed by atoms with E-state index in [-0.39, 0.29) is 16.4 Å². The van der Waals surface area contributed by atoms with Crippen molar-refractivity contribution in [2.75, 3.05) is 32.8 Å². The summed E-state index contributed by atoms with van der Waals surface area (Å²) in [4.78, 5) is 18.9. The van der Waals surface area contributed by atoms with Crippen LogP contribution in [0.5, 0.6) is 0 Å². The summed E-state index contributed by atoms with van der Waals surface area (Å²) >= 11 is 0. The molecule has 5 heterocycles. The first-order valence-corrected chi connectivity index (χ1v) is 10.5. The summed E-state index contributed by atoms with van der Waals surface area (Å²) in [6.45, 7) is 13.8. The SMILES string of the molecule is CCCC12CN3CC(CCC)(CN(C1)C3[C@@H]1CCOC(C)(C)C1)C2=O. The highest BCUT2D eigenvalue weighted by molar-refractivity contribution is 5.93. The van der Waals surface area contributed by atoms with Crippen molar-refractivity contribution in [3.05, 3.63) is 0 Å². The van der Waals surface area contributed by atoms with Crippen LogP contribution in [0.3, 0.4) is 0 Å². The first-order chi connectivity index (χ1) is 11.8. The molecule has 5 rings (SSSR count). The fourth-order valence-corrected chi connectivity index (χ4v) is 6.85. The molecule has 0 unspecified atom stereocenters. The standard InChI is InChI=1S/C21H36N2O2/c1-5-8-20-12-22-14-21(9-6-2,18(20)24)15-23(13-20)17(22)16-7-10-25-19(3,4)11-16/h16-17H,5-15H2,1-4H3/t16-,17?,20?,21?/m1/s1. The zero-order valence-electron chi connectivity index (χ0n) is 16.6. The van der Waals surface area contributed by atoms with E-state index in [4.69, 9.17) is 4.74 Å². The molecule has 0 N–H and O–H groups in total. The van der Waals surface area contributed by atoms with E-state index in [1.807, 2.05) is 0 Å². The molecule has 142 valence electrons. The van der Waals surface area contributed by atoms with Gasteiger partial charge in [-0.05, 0) is 45.4 Å². The lowest BCUT2D eigenvalue weighted by molar-refractivity contribution is -0.221. The Balaban J connectivity index is 1.63. The maximum Gasteiger partial charge on any atom is 0.150 e. The Hall–Kier alpha value is -0.450. The minimum atomic E-state index is -0.0857. The topological polar surface area (TPSA) is 32.8 Å². The molecule has 5 fully saturated rings. The smallest absolute Gasteiger partial charge is 0.150 e. The molecule has 4 nitrogen and oxygen atoms in total. The van der Waals surface area contributed by atoms with Gasteiger partial charge in [-0.15, -0.1) is 0 Å². The number of carbonyl (C=O) groups excluding carboxylic acids is 1. The number of ether oxygens (including phenoxy) is 1. The lowest BCUT2D eigenvalue weighted by Crippen LogP contribution is -2.80. The molecular weight excluding hydrogens is 312 g/mol. The van der Waals surface area contributed by atoms with E-state index in [1.165, 1.54) is 0 Å². The van der Waals surface area contributed by atoms with Crippen LogP contribution in [-0.2, 0) is 9.53 Å². The summed E-state index contributed by atoms with van der Waals surface area (Å²) in [6.07, 6.45) is 7.20. The van der Waals surface area contributed by atoms with Gasteiger partial charge in [-0.2, -0.15) is 0 Å². The first kappa shape index (κ1) is 17.9. The first-order valence-electron chi connectivity index (χ1n) is 10.5. The van der Waals surface area contributed by atoms with Crippen LogP contribution in [0.15, 0.2) is 0 Å². The molecule has 0 aromatic rings. The number of nitrogens with zero attached hydrogens (tertiary/aromatic N) is 2. The number of hydrogen-bond donors (Lipinski definition) is 0. The van der Waals surface area contributed by atoms with Crippen molar-refractivity contribution in [2.45, 2.75) is 78.0 Å². The van der Waals surface area contributed by atoms with Gasteiger partial charge in [-0.25, -0.2) is 0 Å².